The smallest absolute Gasteiger partial charge is 0.173 e. The van der Waals surface area contributed by atoms with Crippen molar-refractivity contribution in [3.05, 3.63) is 23.8 Å². The molecule has 0 aromatic heterocycles. The van der Waals surface area contributed by atoms with Crippen LogP contribution < -0.4 is 0 Å². The minimum atomic E-state index is -0.995. The molecular weight excluding hydrogens is 152 g/mol. The molecule has 0 spiro atoms. The zero-order chi connectivity index (χ0) is 9.19. The first-order valence-corrected chi connectivity index (χ1v) is 4.18. The van der Waals surface area contributed by atoms with Crippen LogP contribution in [-0.2, 0) is 4.74 Å². The summed E-state index contributed by atoms with van der Waals surface area (Å²) in [4.78, 5) is 0. The highest BCUT2D eigenvalue weighted by atomic mass is 16.6. The van der Waals surface area contributed by atoms with E-state index in [-0.39, 0.29) is 0 Å². The van der Waals surface area contributed by atoms with Gasteiger partial charge in [-0.2, -0.15) is 0 Å². The van der Waals surface area contributed by atoms with Gasteiger partial charge in [-0.25, -0.2) is 0 Å². The summed E-state index contributed by atoms with van der Waals surface area (Å²) < 4.78 is 5.26. The van der Waals surface area contributed by atoms with Crippen LogP contribution in [0.3, 0.4) is 0 Å². The SMILES string of the molecule is C=C(C)CC1(O)CC(C)=CCO1. The molecule has 0 aliphatic carbocycles. The average molecular weight is 168 g/mol. The lowest BCUT2D eigenvalue weighted by Gasteiger charge is -2.31. The van der Waals surface area contributed by atoms with E-state index in [9.17, 15) is 5.11 Å². The van der Waals surface area contributed by atoms with Gasteiger partial charge in [0.15, 0.2) is 5.79 Å². The largest absolute Gasteiger partial charge is 0.365 e. The number of ether oxygens (including phenoxy) is 1. The van der Waals surface area contributed by atoms with Crippen molar-refractivity contribution in [1.82, 2.24) is 0 Å². The number of hydrogen-bond donors (Lipinski definition) is 1. The molecule has 0 radical (unpaired) electrons. The van der Waals surface area contributed by atoms with E-state index in [4.69, 9.17) is 4.74 Å². The Morgan fingerprint density at radius 3 is 3.00 bits per heavy atom. The number of aliphatic hydroxyl groups is 1. The van der Waals surface area contributed by atoms with Crippen LogP contribution in [0, 0.1) is 0 Å². The molecule has 2 heteroatoms. The van der Waals surface area contributed by atoms with Crippen LogP contribution in [0.1, 0.15) is 26.7 Å². The maximum atomic E-state index is 9.89. The van der Waals surface area contributed by atoms with Crippen LogP contribution in [0.2, 0.25) is 0 Å². The number of rotatable bonds is 2. The summed E-state index contributed by atoms with van der Waals surface area (Å²) in [7, 11) is 0. The van der Waals surface area contributed by atoms with Gasteiger partial charge in [0.2, 0.25) is 0 Å². The molecule has 1 atom stereocenters. The fourth-order valence-corrected chi connectivity index (χ4v) is 1.48. The second-order valence-electron chi connectivity index (χ2n) is 3.62. The van der Waals surface area contributed by atoms with Crippen molar-refractivity contribution in [2.24, 2.45) is 0 Å². The molecule has 1 heterocycles. The molecule has 0 fully saturated rings. The van der Waals surface area contributed by atoms with Gasteiger partial charge in [0.25, 0.3) is 0 Å². The monoisotopic (exact) mass is 168 g/mol. The highest BCUT2D eigenvalue weighted by molar-refractivity contribution is 5.08. The molecule has 12 heavy (non-hydrogen) atoms. The molecule has 68 valence electrons. The summed E-state index contributed by atoms with van der Waals surface area (Å²) >= 11 is 0. The summed E-state index contributed by atoms with van der Waals surface area (Å²) in [6.07, 6.45) is 3.12. The predicted octanol–water partition coefficient (Wildman–Crippen LogP) is 2.01. The van der Waals surface area contributed by atoms with E-state index in [0.29, 0.717) is 19.4 Å². The van der Waals surface area contributed by atoms with E-state index in [1.54, 1.807) is 0 Å². The van der Waals surface area contributed by atoms with Gasteiger partial charge in [0, 0.05) is 12.8 Å². The normalized spacial score (nSPS) is 29.8. The molecule has 0 bridgehead atoms. The third-order valence-electron chi connectivity index (χ3n) is 1.92. The van der Waals surface area contributed by atoms with Crippen LogP contribution in [0.15, 0.2) is 23.8 Å². The first-order chi connectivity index (χ1) is 5.52. The third kappa shape index (κ3) is 2.47. The molecule has 0 amide bonds. The van der Waals surface area contributed by atoms with Gasteiger partial charge in [0.1, 0.15) is 0 Å². The minimum absolute atomic E-state index is 0.510. The van der Waals surface area contributed by atoms with Crippen LogP contribution in [-0.4, -0.2) is 17.5 Å². The van der Waals surface area contributed by atoms with Gasteiger partial charge >= 0.3 is 0 Å². The molecule has 1 aliphatic heterocycles. The van der Waals surface area contributed by atoms with Crippen molar-refractivity contribution < 1.29 is 9.84 Å². The maximum absolute atomic E-state index is 9.89. The second-order valence-corrected chi connectivity index (χ2v) is 3.62. The lowest BCUT2D eigenvalue weighted by molar-refractivity contribution is -0.199. The molecule has 1 unspecified atom stereocenters. The summed E-state index contributed by atoms with van der Waals surface area (Å²) in [5.41, 5.74) is 2.14. The van der Waals surface area contributed by atoms with Crippen LogP contribution >= 0.6 is 0 Å². The van der Waals surface area contributed by atoms with E-state index in [1.807, 2.05) is 19.9 Å². The van der Waals surface area contributed by atoms with Crippen molar-refractivity contribution in [2.45, 2.75) is 32.5 Å². The lowest BCUT2D eigenvalue weighted by Crippen LogP contribution is -2.35. The Kier molecular flexibility index (Phi) is 2.70. The molecule has 0 saturated carbocycles. The van der Waals surface area contributed by atoms with E-state index in [1.165, 1.54) is 5.57 Å². The molecule has 2 nitrogen and oxygen atoms in total. The summed E-state index contributed by atoms with van der Waals surface area (Å²) in [6.45, 7) is 8.17. The lowest BCUT2D eigenvalue weighted by atomic mass is 9.98. The zero-order valence-corrected chi connectivity index (χ0v) is 7.76. The summed E-state index contributed by atoms with van der Waals surface area (Å²) in [5, 5.41) is 9.89. The van der Waals surface area contributed by atoms with E-state index in [0.717, 1.165) is 5.57 Å². The highest BCUT2D eigenvalue weighted by Crippen LogP contribution is 2.28. The molecule has 1 N–H and O–H groups in total. The quantitative estimate of drug-likeness (QED) is 0.639. The molecule has 1 rings (SSSR count). The van der Waals surface area contributed by atoms with Gasteiger partial charge in [-0.15, -0.1) is 0 Å². The van der Waals surface area contributed by atoms with Crippen molar-refractivity contribution in [1.29, 1.82) is 0 Å². The van der Waals surface area contributed by atoms with Crippen LogP contribution in [0.5, 0.6) is 0 Å². The molecule has 1 aliphatic rings. The Labute approximate surface area is 73.5 Å². The highest BCUT2D eigenvalue weighted by Gasteiger charge is 2.29. The molecular formula is C10H16O2. The van der Waals surface area contributed by atoms with E-state index in [2.05, 4.69) is 6.58 Å². The molecule has 0 aromatic carbocycles. The summed E-state index contributed by atoms with van der Waals surface area (Å²) in [6, 6.07) is 0. The van der Waals surface area contributed by atoms with Crippen LogP contribution in [0.25, 0.3) is 0 Å². The topological polar surface area (TPSA) is 29.5 Å². The van der Waals surface area contributed by atoms with Gasteiger partial charge < -0.3 is 9.84 Å². The van der Waals surface area contributed by atoms with Gasteiger partial charge in [-0.05, 0) is 13.8 Å². The molecule has 0 saturated heterocycles. The first kappa shape index (κ1) is 9.49. The van der Waals surface area contributed by atoms with Crippen LogP contribution in [0.4, 0.5) is 0 Å². The Hall–Kier alpha value is -0.600. The third-order valence-corrected chi connectivity index (χ3v) is 1.92. The maximum Gasteiger partial charge on any atom is 0.173 e. The van der Waals surface area contributed by atoms with Crippen molar-refractivity contribution in [3.8, 4) is 0 Å². The predicted molar refractivity (Wildman–Crippen MR) is 48.7 cm³/mol. The first-order valence-electron chi connectivity index (χ1n) is 4.18. The fourth-order valence-electron chi connectivity index (χ4n) is 1.48. The number of hydrogen-bond acceptors (Lipinski definition) is 2. The van der Waals surface area contributed by atoms with Crippen molar-refractivity contribution >= 4 is 0 Å². The standard InChI is InChI=1S/C10H16O2/c1-8(2)6-10(11)7-9(3)4-5-12-10/h4,11H,1,5-7H2,2-3H3. The van der Waals surface area contributed by atoms with Gasteiger partial charge in [-0.3, -0.25) is 0 Å². The average Bonchev–Trinajstić information content (AvgIpc) is 1.82. The Morgan fingerprint density at radius 1 is 1.83 bits per heavy atom. The van der Waals surface area contributed by atoms with Crippen molar-refractivity contribution in [2.75, 3.05) is 6.61 Å². The second kappa shape index (κ2) is 3.42. The van der Waals surface area contributed by atoms with E-state index >= 15 is 0 Å². The minimum Gasteiger partial charge on any atom is -0.365 e. The Balaban J connectivity index is 2.61. The van der Waals surface area contributed by atoms with Gasteiger partial charge in [0.05, 0.1) is 6.61 Å². The van der Waals surface area contributed by atoms with Gasteiger partial charge in [-0.1, -0.05) is 23.8 Å². The Bertz CT molecular complexity index is 218. The zero-order valence-electron chi connectivity index (χ0n) is 7.76. The molecule has 0 aromatic rings. The van der Waals surface area contributed by atoms with Crippen molar-refractivity contribution in [3.63, 3.8) is 0 Å². The summed E-state index contributed by atoms with van der Waals surface area (Å²) in [5.74, 6) is -0.995. The Morgan fingerprint density at radius 2 is 2.50 bits per heavy atom. The van der Waals surface area contributed by atoms with E-state index < -0.39 is 5.79 Å². The fraction of sp³-hybridized carbons (Fsp3) is 0.600.